The monoisotopic (exact) mass is 232 g/mol. The maximum absolute atomic E-state index is 11.9. The first kappa shape index (κ1) is 11.8. The fourth-order valence-electron chi connectivity index (χ4n) is 1.01. The minimum absolute atomic E-state index is 0.190. The fourth-order valence-corrected chi connectivity index (χ4v) is 1.01. The second-order valence-electron chi connectivity index (χ2n) is 2.58. The molecule has 6 nitrogen and oxygen atoms in total. The van der Waals surface area contributed by atoms with E-state index in [0.717, 1.165) is 18.2 Å². The number of halogens is 2. The fraction of sp³-hybridized carbons (Fsp3) is 0.125. The molecule has 1 N–H and O–H groups in total. The number of nitrogens with one attached hydrogen (secondary N) is 1. The molecule has 1 aromatic carbocycles. The van der Waals surface area contributed by atoms with Crippen LogP contribution in [0.4, 0.5) is 20.2 Å². The Morgan fingerprint density at radius 2 is 2.19 bits per heavy atom. The number of hydrogen-bond donors (Lipinski definition) is 1. The average molecular weight is 232 g/mol. The van der Waals surface area contributed by atoms with E-state index in [1.165, 1.54) is 0 Å². The number of rotatable bonds is 5. The summed E-state index contributed by atoms with van der Waals surface area (Å²) in [5.41, 5.74) is -0.532. The Kier molecular flexibility index (Phi) is 3.70. The maximum Gasteiger partial charge on any atom is 0.387 e. The van der Waals surface area contributed by atoms with Gasteiger partial charge in [-0.25, -0.2) is 0 Å². The summed E-state index contributed by atoms with van der Waals surface area (Å²) in [4.78, 5) is 19.8. The minimum Gasteiger partial charge on any atom is -0.433 e. The Bertz CT molecular complexity index is 411. The van der Waals surface area contributed by atoms with Crippen LogP contribution in [-0.2, 0) is 4.79 Å². The SMILES string of the molecule is O=CNc1cc([N+](=O)[O-])ccc1OC(F)F. The molecule has 8 heteroatoms. The molecular weight excluding hydrogens is 226 g/mol. The third-order valence-electron chi connectivity index (χ3n) is 1.60. The molecule has 0 heterocycles. The zero-order chi connectivity index (χ0) is 12.1. The number of non-ortho nitro benzene ring substituents is 1. The smallest absolute Gasteiger partial charge is 0.387 e. The summed E-state index contributed by atoms with van der Waals surface area (Å²) in [5, 5.41) is 12.4. The van der Waals surface area contributed by atoms with Crippen LogP contribution >= 0.6 is 0 Å². The Hall–Kier alpha value is -2.25. The largest absolute Gasteiger partial charge is 0.433 e. The molecule has 0 spiro atoms. The molecular formula is C8H6F2N2O4. The van der Waals surface area contributed by atoms with Crippen LogP contribution in [0.15, 0.2) is 18.2 Å². The lowest BCUT2D eigenvalue weighted by molar-refractivity contribution is -0.384. The van der Waals surface area contributed by atoms with Gasteiger partial charge in [0.1, 0.15) is 5.75 Å². The molecule has 1 rings (SSSR count). The van der Waals surface area contributed by atoms with Crippen LogP contribution < -0.4 is 10.1 Å². The quantitative estimate of drug-likeness (QED) is 0.476. The molecule has 0 saturated carbocycles. The van der Waals surface area contributed by atoms with Crippen LogP contribution in [0.2, 0.25) is 0 Å². The minimum atomic E-state index is -3.08. The van der Waals surface area contributed by atoms with Gasteiger partial charge in [-0.3, -0.25) is 14.9 Å². The lowest BCUT2D eigenvalue weighted by Gasteiger charge is -2.08. The highest BCUT2D eigenvalue weighted by atomic mass is 19.3. The molecule has 0 saturated heterocycles. The standard InChI is InChI=1S/C8H6F2N2O4/c9-8(10)16-7-2-1-5(12(14)15)3-6(7)11-4-13/h1-4,8H,(H,11,13). The second kappa shape index (κ2) is 5.01. The number of benzene rings is 1. The number of amides is 1. The molecule has 0 radical (unpaired) electrons. The number of alkyl halides is 2. The number of hydrogen-bond acceptors (Lipinski definition) is 4. The zero-order valence-electron chi connectivity index (χ0n) is 7.72. The summed E-state index contributed by atoms with van der Waals surface area (Å²) in [6, 6.07) is 2.90. The Labute approximate surface area is 88.0 Å². The third-order valence-corrected chi connectivity index (χ3v) is 1.60. The molecule has 0 aliphatic rings. The Morgan fingerprint density at radius 3 is 2.69 bits per heavy atom. The van der Waals surface area contributed by atoms with Crippen molar-refractivity contribution in [3.05, 3.63) is 28.3 Å². The van der Waals surface area contributed by atoms with Gasteiger partial charge in [0.2, 0.25) is 6.41 Å². The van der Waals surface area contributed by atoms with Crippen molar-refractivity contribution >= 4 is 17.8 Å². The Morgan fingerprint density at radius 1 is 1.50 bits per heavy atom. The summed E-state index contributed by atoms with van der Waals surface area (Å²) in [7, 11) is 0. The lowest BCUT2D eigenvalue weighted by Crippen LogP contribution is -2.06. The topological polar surface area (TPSA) is 81.5 Å². The van der Waals surface area contributed by atoms with E-state index in [-0.39, 0.29) is 23.5 Å². The van der Waals surface area contributed by atoms with Gasteiger partial charge in [0.15, 0.2) is 0 Å². The van der Waals surface area contributed by atoms with Crippen LogP contribution in [-0.4, -0.2) is 17.9 Å². The molecule has 16 heavy (non-hydrogen) atoms. The third kappa shape index (κ3) is 2.87. The van der Waals surface area contributed by atoms with Gasteiger partial charge in [-0.1, -0.05) is 0 Å². The first-order valence-corrected chi connectivity index (χ1v) is 3.98. The first-order valence-electron chi connectivity index (χ1n) is 3.98. The van der Waals surface area contributed by atoms with E-state index in [1.54, 1.807) is 0 Å². The van der Waals surface area contributed by atoms with E-state index >= 15 is 0 Å². The second-order valence-corrected chi connectivity index (χ2v) is 2.58. The first-order chi connectivity index (χ1) is 7.54. The van der Waals surface area contributed by atoms with Gasteiger partial charge in [-0.15, -0.1) is 0 Å². The lowest BCUT2D eigenvalue weighted by atomic mass is 10.2. The van der Waals surface area contributed by atoms with Crippen LogP contribution in [0.1, 0.15) is 0 Å². The van der Waals surface area contributed by atoms with Crippen molar-refractivity contribution in [2.24, 2.45) is 0 Å². The molecule has 0 atom stereocenters. The molecule has 0 aromatic heterocycles. The van der Waals surface area contributed by atoms with E-state index in [0.29, 0.717) is 0 Å². The van der Waals surface area contributed by atoms with Gasteiger partial charge in [0.05, 0.1) is 10.6 Å². The highest BCUT2D eigenvalue weighted by molar-refractivity contribution is 5.76. The molecule has 1 amide bonds. The molecule has 0 aliphatic carbocycles. The summed E-state index contributed by atoms with van der Waals surface area (Å²) >= 11 is 0. The molecule has 1 aromatic rings. The normalized spacial score (nSPS) is 9.94. The summed E-state index contributed by atoms with van der Waals surface area (Å²) in [6.45, 7) is -3.08. The van der Waals surface area contributed by atoms with E-state index in [9.17, 15) is 23.7 Å². The van der Waals surface area contributed by atoms with Crippen molar-refractivity contribution in [1.82, 2.24) is 0 Å². The van der Waals surface area contributed by atoms with Crippen LogP contribution in [0.5, 0.6) is 5.75 Å². The van der Waals surface area contributed by atoms with E-state index in [4.69, 9.17) is 0 Å². The molecule has 0 unspecified atom stereocenters. The van der Waals surface area contributed by atoms with Gasteiger partial charge in [-0.05, 0) is 6.07 Å². The van der Waals surface area contributed by atoms with Crippen molar-refractivity contribution in [3.63, 3.8) is 0 Å². The molecule has 0 fully saturated rings. The highest BCUT2D eigenvalue weighted by Crippen LogP contribution is 2.29. The van der Waals surface area contributed by atoms with Gasteiger partial charge in [0.25, 0.3) is 5.69 Å². The number of nitro groups is 1. The highest BCUT2D eigenvalue weighted by Gasteiger charge is 2.14. The number of anilines is 1. The summed E-state index contributed by atoms with van der Waals surface area (Å²) < 4.78 is 27.9. The number of nitro benzene ring substituents is 1. The van der Waals surface area contributed by atoms with Gasteiger partial charge < -0.3 is 10.1 Å². The van der Waals surface area contributed by atoms with Crippen molar-refractivity contribution in [3.8, 4) is 5.75 Å². The van der Waals surface area contributed by atoms with E-state index in [2.05, 4.69) is 4.74 Å². The van der Waals surface area contributed by atoms with Crippen molar-refractivity contribution in [2.75, 3.05) is 5.32 Å². The Balaban J connectivity index is 3.08. The van der Waals surface area contributed by atoms with Gasteiger partial charge in [0, 0.05) is 12.1 Å². The van der Waals surface area contributed by atoms with Crippen molar-refractivity contribution < 1.29 is 23.2 Å². The van der Waals surface area contributed by atoms with Crippen molar-refractivity contribution in [1.29, 1.82) is 0 Å². The number of ether oxygens (including phenoxy) is 1. The molecule has 86 valence electrons. The predicted octanol–water partition coefficient (Wildman–Crippen LogP) is 1.76. The van der Waals surface area contributed by atoms with Crippen LogP contribution in [0, 0.1) is 10.1 Å². The van der Waals surface area contributed by atoms with E-state index in [1.807, 2.05) is 5.32 Å². The van der Waals surface area contributed by atoms with Crippen molar-refractivity contribution in [2.45, 2.75) is 6.61 Å². The van der Waals surface area contributed by atoms with Crippen LogP contribution in [0.3, 0.4) is 0 Å². The number of carbonyl (C=O) groups is 1. The molecule has 0 aliphatic heterocycles. The van der Waals surface area contributed by atoms with Gasteiger partial charge in [-0.2, -0.15) is 8.78 Å². The maximum atomic E-state index is 11.9. The number of carbonyl (C=O) groups excluding carboxylic acids is 1. The van der Waals surface area contributed by atoms with E-state index < -0.39 is 11.5 Å². The molecule has 0 bridgehead atoms. The average Bonchev–Trinajstić information content (AvgIpc) is 2.20. The number of nitrogens with zero attached hydrogens (tertiary/aromatic N) is 1. The summed E-state index contributed by atoms with van der Waals surface area (Å²) in [5.74, 6) is -0.340. The van der Waals surface area contributed by atoms with Gasteiger partial charge >= 0.3 is 6.61 Å². The zero-order valence-corrected chi connectivity index (χ0v) is 7.72. The van der Waals surface area contributed by atoms with Crippen LogP contribution in [0.25, 0.3) is 0 Å². The summed E-state index contributed by atoms with van der Waals surface area (Å²) in [6.07, 6.45) is 0.206. The predicted molar refractivity (Wildman–Crippen MR) is 49.4 cm³/mol.